The summed E-state index contributed by atoms with van der Waals surface area (Å²) in [4.78, 5) is 0. The molecule has 0 aliphatic rings. The van der Waals surface area contributed by atoms with E-state index < -0.39 is 0 Å². The molecule has 0 amide bonds. The summed E-state index contributed by atoms with van der Waals surface area (Å²) in [6, 6.07) is 21.8. The molecule has 1 N–H and O–H groups in total. The minimum absolute atomic E-state index is 0. The number of benzene rings is 2. The maximum atomic E-state index is 7.00. The summed E-state index contributed by atoms with van der Waals surface area (Å²) in [5.41, 5.74) is 3.28. The van der Waals surface area contributed by atoms with Crippen molar-refractivity contribution in [3.05, 3.63) is 71.8 Å². The van der Waals surface area contributed by atoms with Gasteiger partial charge < -0.3 is 5.11 Å². The van der Waals surface area contributed by atoms with E-state index in [-0.39, 0.29) is 55.4 Å². The normalized spacial score (nSPS) is 10.3. The molecule has 2 rings (SSSR count). The minimum Gasteiger partial charge on any atom is -0.400 e. The Morgan fingerprint density at radius 1 is 0.600 bits per heavy atom. The van der Waals surface area contributed by atoms with Crippen molar-refractivity contribution in [2.24, 2.45) is 0 Å². The van der Waals surface area contributed by atoms with Crippen molar-refractivity contribution < 1.29 is 5.11 Å². The number of aliphatic hydroxyl groups excluding tert-OH is 1. The Morgan fingerprint density at radius 2 is 0.900 bits per heavy atom. The average molecular weight is 425 g/mol. The lowest BCUT2D eigenvalue weighted by atomic mass is 9.66. The first-order valence-corrected chi connectivity index (χ1v) is 9.04. The number of rotatable bonds is 5. The molecule has 2 aromatic rings. The number of hydrogen-bond acceptors (Lipinski definition) is 1. The van der Waals surface area contributed by atoms with E-state index >= 15 is 0 Å². The Hall–Kier alpha value is -1.60. The van der Waals surface area contributed by atoms with Crippen molar-refractivity contribution in [1.29, 1.82) is 0 Å². The van der Waals surface area contributed by atoms with Gasteiger partial charge in [0.2, 0.25) is 0 Å². The summed E-state index contributed by atoms with van der Waals surface area (Å²) in [5.74, 6) is 0. The molecular formula is C29H60O. The van der Waals surface area contributed by atoms with Gasteiger partial charge in [-0.15, -0.1) is 0 Å². The van der Waals surface area contributed by atoms with Crippen LogP contribution in [0.4, 0.5) is 0 Å². The second kappa shape index (κ2) is 23.7. The molecule has 0 spiro atoms. The molecule has 182 valence electrons. The van der Waals surface area contributed by atoms with Crippen LogP contribution in [0.3, 0.4) is 0 Å². The van der Waals surface area contributed by atoms with Crippen LogP contribution in [0.15, 0.2) is 60.7 Å². The highest BCUT2D eigenvalue weighted by Crippen LogP contribution is 2.40. The lowest BCUT2D eigenvalue weighted by molar-refractivity contribution is 0.317. The maximum absolute atomic E-state index is 7.00. The van der Waals surface area contributed by atoms with Crippen molar-refractivity contribution in [2.75, 3.05) is 7.11 Å². The molecule has 0 aromatic heterocycles. The van der Waals surface area contributed by atoms with Crippen LogP contribution < -0.4 is 0 Å². The first-order chi connectivity index (χ1) is 11.5. The highest BCUT2D eigenvalue weighted by Gasteiger charge is 2.33. The van der Waals surface area contributed by atoms with Gasteiger partial charge >= 0.3 is 0 Å². The summed E-state index contributed by atoms with van der Waals surface area (Å²) in [5, 5.41) is 7.00. The van der Waals surface area contributed by atoms with Gasteiger partial charge in [-0.05, 0) is 34.8 Å². The predicted molar refractivity (Wildman–Crippen MR) is 148 cm³/mol. The lowest BCUT2D eigenvalue weighted by Gasteiger charge is -2.38. The third-order valence-electron chi connectivity index (χ3n) is 4.64. The lowest BCUT2D eigenvalue weighted by Crippen LogP contribution is -2.31. The van der Waals surface area contributed by atoms with E-state index in [0.717, 1.165) is 20.0 Å². The zero-order valence-corrected chi connectivity index (χ0v) is 16.6. The van der Waals surface area contributed by atoms with Crippen LogP contribution in [0.2, 0.25) is 0 Å². The van der Waals surface area contributed by atoms with E-state index in [4.69, 9.17) is 5.11 Å². The van der Waals surface area contributed by atoms with Gasteiger partial charge in [-0.1, -0.05) is 147 Å². The second-order valence-corrected chi connectivity index (χ2v) is 6.71. The first-order valence-electron chi connectivity index (χ1n) is 9.04. The Morgan fingerprint density at radius 3 is 1.20 bits per heavy atom. The van der Waals surface area contributed by atoms with Crippen LogP contribution in [0.5, 0.6) is 0 Å². The van der Waals surface area contributed by atoms with Gasteiger partial charge in [0.1, 0.15) is 0 Å². The fourth-order valence-corrected chi connectivity index (χ4v) is 3.24. The van der Waals surface area contributed by atoms with Crippen LogP contribution in [0.25, 0.3) is 0 Å². The third-order valence-corrected chi connectivity index (χ3v) is 4.64. The van der Waals surface area contributed by atoms with Crippen LogP contribution in [0.1, 0.15) is 110 Å². The highest BCUT2D eigenvalue weighted by molar-refractivity contribution is 5.29. The van der Waals surface area contributed by atoms with Crippen molar-refractivity contribution in [2.45, 2.75) is 110 Å². The molecule has 1 atom stereocenters. The summed E-state index contributed by atoms with van der Waals surface area (Å²) < 4.78 is 0. The van der Waals surface area contributed by atoms with Gasteiger partial charge in [0.05, 0.1) is 0 Å². The van der Waals surface area contributed by atoms with Crippen LogP contribution in [0, 0.1) is 0 Å². The monoisotopic (exact) mass is 424 g/mol. The topological polar surface area (TPSA) is 20.2 Å². The van der Waals surface area contributed by atoms with E-state index in [1.54, 1.807) is 0 Å². The Labute approximate surface area is 194 Å². The van der Waals surface area contributed by atoms with Crippen molar-refractivity contribution in [3.8, 4) is 0 Å². The summed E-state index contributed by atoms with van der Waals surface area (Å²) in [6.45, 7) is 13.4. The molecule has 0 aliphatic heterocycles. The zero-order chi connectivity index (χ0) is 18.6. The third kappa shape index (κ3) is 13.6. The summed E-state index contributed by atoms with van der Waals surface area (Å²) >= 11 is 0. The molecule has 0 fully saturated rings. The van der Waals surface area contributed by atoms with Gasteiger partial charge in [0.15, 0.2) is 0 Å². The van der Waals surface area contributed by atoms with E-state index in [1.165, 1.54) is 11.1 Å². The molecule has 1 unspecified atom stereocenters. The number of hydrogen-bond donors (Lipinski definition) is 1. The fraction of sp³-hybridized carbons (Fsp3) is 0.586. The summed E-state index contributed by atoms with van der Waals surface area (Å²) in [7, 11) is 1.00. The molecule has 0 radical (unpaired) electrons. The van der Waals surface area contributed by atoms with E-state index in [2.05, 4.69) is 88.4 Å². The Balaban J connectivity index is -0.0000000999. The van der Waals surface area contributed by atoms with Crippen LogP contribution >= 0.6 is 0 Å². The standard InChI is InChI=1S/C20H26.C2H6.CH4O.6CH4/c1-5-20(4,18-14-10-7-11-15-18)16-19(2,3)17-12-8-6-9-13-17;2*1-2;;;;;;/h6-15H,5,16H2,1-4H3;1-2H3;2H,1H3;6*1H4. The van der Waals surface area contributed by atoms with Gasteiger partial charge in [0, 0.05) is 7.11 Å². The van der Waals surface area contributed by atoms with Gasteiger partial charge in [-0.2, -0.15) is 0 Å². The van der Waals surface area contributed by atoms with Gasteiger partial charge in [-0.3, -0.25) is 0 Å². The largest absolute Gasteiger partial charge is 0.400 e. The predicted octanol–water partition coefficient (Wildman–Crippen LogP) is 10.2. The van der Waals surface area contributed by atoms with Crippen LogP contribution in [-0.4, -0.2) is 12.2 Å². The quantitative estimate of drug-likeness (QED) is 0.506. The van der Waals surface area contributed by atoms with Gasteiger partial charge in [0.25, 0.3) is 0 Å². The molecule has 2 aromatic carbocycles. The highest BCUT2D eigenvalue weighted by atomic mass is 16.2. The molecular weight excluding hydrogens is 364 g/mol. The Kier molecular flexibility index (Phi) is 36.7. The smallest absolute Gasteiger partial charge is 0.0319 e. The van der Waals surface area contributed by atoms with Crippen LogP contribution in [-0.2, 0) is 10.8 Å². The molecule has 0 saturated carbocycles. The molecule has 0 bridgehead atoms. The van der Waals surface area contributed by atoms with Crippen molar-refractivity contribution in [1.82, 2.24) is 0 Å². The van der Waals surface area contributed by atoms with Crippen molar-refractivity contribution >= 4 is 0 Å². The number of aliphatic hydroxyl groups is 1. The molecule has 0 heterocycles. The second-order valence-electron chi connectivity index (χ2n) is 6.71. The Bertz CT molecular complexity index is 531. The minimum atomic E-state index is 0. The SMILES string of the molecule is C.C.C.C.C.C.CC.CCC(C)(CC(C)(C)c1ccccc1)c1ccccc1.CO. The molecule has 1 heteroatoms. The average Bonchev–Trinajstić information content (AvgIpc) is 2.66. The van der Waals surface area contributed by atoms with E-state index in [9.17, 15) is 0 Å². The zero-order valence-electron chi connectivity index (χ0n) is 16.6. The molecule has 30 heavy (non-hydrogen) atoms. The first kappa shape index (κ1) is 46.6. The van der Waals surface area contributed by atoms with E-state index in [0.29, 0.717) is 0 Å². The maximum Gasteiger partial charge on any atom is 0.0319 e. The van der Waals surface area contributed by atoms with E-state index in [1.807, 2.05) is 13.8 Å². The molecule has 0 saturated heterocycles. The fourth-order valence-electron chi connectivity index (χ4n) is 3.24. The molecule has 0 aliphatic carbocycles. The summed E-state index contributed by atoms with van der Waals surface area (Å²) in [6.07, 6.45) is 2.32. The molecule has 1 nitrogen and oxygen atoms in total. The van der Waals surface area contributed by atoms with Crippen molar-refractivity contribution in [3.63, 3.8) is 0 Å². The van der Waals surface area contributed by atoms with Gasteiger partial charge in [-0.25, -0.2) is 0 Å².